The Hall–Kier alpha value is -3.60. The average Bonchev–Trinajstić information content (AvgIpc) is 3.53. The van der Waals surface area contributed by atoms with Crippen LogP contribution in [0.5, 0.6) is 11.5 Å². The lowest BCUT2D eigenvalue weighted by Crippen LogP contribution is -2.33. The molecule has 2 aromatic carbocycles. The summed E-state index contributed by atoms with van der Waals surface area (Å²) in [6.07, 6.45) is 5.90. The van der Waals surface area contributed by atoms with Gasteiger partial charge in [0.15, 0.2) is 0 Å². The van der Waals surface area contributed by atoms with Gasteiger partial charge >= 0.3 is 0 Å². The zero-order valence-electron chi connectivity index (χ0n) is 15.9. The largest absolute Gasteiger partial charge is 0.457 e. The third-order valence-electron chi connectivity index (χ3n) is 5.16. The van der Waals surface area contributed by atoms with Gasteiger partial charge in [-0.2, -0.15) is 0 Å². The summed E-state index contributed by atoms with van der Waals surface area (Å²) < 4.78 is 8.06. The van der Waals surface area contributed by atoms with Gasteiger partial charge in [0.05, 0.1) is 24.0 Å². The quantitative estimate of drug-likeness (QED) is 0.474. The fraction of sp³-hybridized carbons (Fsp3) is 0.167. The number of ether oxygens (including phenoxy) is 1. The molecule has 1 aliphatic carbocycles. The number of pyridine rings is 1. The molecule has 0 atom stereocenters. The lowest BCUT2D eigenvalue weighted by Gasteiger charge is -2.23. The highest BCUT2D eigenvalue weighted by atomic mass is 16.5. The Morgan fingerprint density at radius 3 is 2.59 bits per heavy atom. The highest BCUT2D eigenvalue weighted by Gasteiger charge is 2.34. The summed E-state index contributed by atoms with van der Waals surface area (Å²) in [6, 6.07) is 23.2. The molecule has 0 unspecified atom stereocenters. The molecule has 5 rings (SSSR count). The van der Waals surface area contributed by atoms with Crippen molar-refractivity contribution in [3.8, 4) is 11.5 Å². The van der Waals surface area contributed by atoms with Gasteiger partial charge in [0.25, 0.3) is 5.91 Å². The number of rotatable bonds is 6. The second-order valence-corrected chi connectivity index (χ2v) is 7.25. The predicted molar refractivity (Wildman–Crippen MR) is 111 cm³/mol. The fourth-order valence-corrected chi connectivity index (χ4v) is 3.53. The second kappa shape index (κ2) is 7.43. The van der Waals surface area contributed by atoms with Crippen LogP contribution in [-0.4, -0.2) is 26.2 Å². The van der Waals surface area contributed by atoms with Crippen molar-refractivity contribution in [1.29, 1.82) is 0 Å². The van der Waals surface area contributed by atoms with Crippen molar-refractivity contribution >= 4 is 11.6 Å². The van der Waals surface area contributed by atoms with Gasteiger partial charge in [-0.1, -0.05) is 36.4 Å². The smallest absolute Gasteiger partial charge is 0.258 e. The highest BCUT2D eigenvalue weighted by Crippen LogP contribution is 2.33. The standard InChI is InChI=1S/C24H21N3O2/c28-24(21-10-4-5-11-22(21)29-20-8-2-1-3-9-20)27(18-13-14-18)17-19-16-25-23-12-6-7-15-26(19)23/h1-12,15-16,18H,13-14,17H2. The summed E-state index contributed by atoms with van der Waals surface area (Å²) in [6.45, 7) is 0.522. The number of amides is 1. The Bertz CT molecular complexity index is 1150. The SMILES string of the molecule is O=C(c1ccccc1Oc1ccccc1)N(Cc1cnc2ccccn12)C1CC1. The third-order valence-corrected chi connectivity index (χ3v) is 5.16. The first kappa shape index (κ1) is 17.5. The number of nitrogens with zero attached hydrogens (tertiary/aromatic N) is 3. The number of imidazole rings is 1. The van der Waals surface area contributed by atoms with E-state index in [1.807, 2.05) is 94.5 Å². The molecule has 0 spiro atoms. The first-order chi connectivity index (χ1) is 14.3. The molecule has 2 heterocycles. The normalized spacial score (nSPS) is 13.4. The number of aromatic nitrogens is 2. The minimum absolute atomic E-state index is 0.00934. The molecular weight excluding hydrogens is 362 g/mol. The summed E-state index contributed by atoms with van der Waals surface area (Å²) in [5.74, 6) is 1.28. The first-order valence-electron chi connectivity index (χ1n) is 9.83. The second-order valence-electron chi connectivity index (χ2n) is 7.25. The maximum Gasteiger partial charge on any atom is 0.258 e. The van der Waals surface area contributed by atoms with E-state index in [0.717, 1.165) is 24.2 Å². The van der Waals surface area contributed by atoms with E-state index >= 15 is 0 Å². The lowest BCUT2D eigenvalue weighted by molar-refractivity contribution is 0.0724. The van der Waals surface area contributed by atoms with Crippen molar-refractivity contribution in [3.05, 3.63) is 96.4 Å². The van der Waals surface area contributed by atoms with Gasteiger partial charge in [-0.3, -0.25) is 4.79 Å². The van der Waals surface area contributed by atoms with E-state index in [2.05, 4.69) is 4.98 Å². The molecule has 2 aromatic heterocycles. The van der Waals surface area contributed by atoms with E-state index in [1.165, 1.54) is 0 Å². The van der Waals surface area contributed by atoms with E-state index in [-0.39, 0.29) is 11.9 Å². The van der Waals surface area contributed by atoms with Crippen LogP contribution in [0.1, 0.15) is 28.9 Å². The molecule has 144 valence electrons. The zero-order valence-corrected chi connectivity index (χ0v) is 15.9. The fourth-order valence-electron chi connectivity index (χ4n) is 3.53. The average molecular weight is 383 g/mol. The number of carbonyl (C=O) groups is 1. The van der Waals surface area contributed by atoms with Crippen molar-refractivity contribution in [2.75, 3.05) is 0 Å². The molecule has 1 aliphatic rings. The van der Waals surface area contributed by atoms with E-state index in [9.17, 15) is 4.79 Å². The number of hydrogen-bond acceptors (Lipinski definition) is 3. The number of hydrogen-bond donors (Lipinski definition) is 0. The van der Waals surface area contributed by atoms with Crippen LogP contribution in [0.25, 0.3) is 5.65 Å². The highest BCUT2D eigenvalue weighted by molar-refractivity contribution is 5.97. The van der Waals surface area contributed by atoms with Gasteiger partial charge in [0.1, 0.15) is 17.1 Å². The van der Waals surface area contributed by atoms with Crippen LogP contribution >= 0.6 is 0 Å². The van der Waals surface area contributed by atoms with E-state index in [1.54, 1.807) is 0 Å². The Labute approximate surface area is 169 Å². The minimum Gasteiger partial charge on any atom is -0.457 e. The Balaban J connectivity index is 1.45. The maximum atomic E-state index is 13.5. The molecule has 0 aliphatic heterocycles. The minimum atomic E-state index is -0.00934. The van der Waals surface area contributed by atoms with Crippen LogP contribution in [0.15, 0.2) is 85.2 Å². The molecule has 1 fully saturated rings. The summed E-state index contributed by atoms with van der Waals surface area (Å²) in [7, 11) is 0. The molecule has 5 nitrogen and oxygen atoms in total. The first-order valence-corrected chi connectivity index (χ1v) is 9.83. The summed E-state index contributed by atoms with van der Waals surface area (Å²) >= 11 is 0. The van der Waals surface area contributed by atoms with Gasteiger partial charge in [-0.25, -0.2) is 4.98 Å². The molecule has 0 N–H and O–H groups in total. The molecule has 1 saturated carbocycles. The Morgan fingerprint density at radius 1 is 1.00 bits per heavy atom. The molecule has 29 heavy (non-hydrogen) atoms. The summed E-state index contributed by atoms with van der Waals surface area (Å²) in [5, 5.41) is 0. The van der Waals surface area contributed by atoms with Gasteiger partial charge in [-0.05, 0) is 49.2 Å². The number of fused-ring (bicyclic) bond motifs is 1. The van der Waals surface area contributed by atoms with Crippen LogP contribution in [0.4, 0.5) is 0 Å². The van der Waals surface area contributed by atoms with Gasteiger partial charge < -0.3 is 14.0 Å². The van der Waals surface area contributed by atoms with Crippen LogP contribution < -0.4 is 4.74 Å². The van der Waals surface area contributed by atoms with Crippen LogP contribution in [0.3, 0.4) is 0 Å². The Kier molecular flexibility index (Phi) is 4.48. The Morgan fingerprint density at radius 2 is 1.76 bits per heavy atom. The topological polar surface area (TPSA) is 46.8 Å². The number of carbonyl (C=O) groups excluding carboxylic acids is 1. The lowest BCUT2D eigenvalue weighted by atomic mass is 10.1. The molecule has 0 bridgehead atoms. The number of benzene rings is 2. The maximum absolute atomic E-state index is 13.5. The molecule has 4 aromatic rings. The molecule has 0 saturated heterocycles. The van der Waals surface area contributed by atoms with E-state index in [0.29, 0.717) is 23.6 Å². The van der Waals surface area contributed by atoms with Gasteiger partial charge in [0, 0.05) is 12.2 Å². The van der Waals surface area contributed by atoms with Crippen molar-refractivity contribution in [1.82, 2.24) is 14.3 Å². The summed E-state index contributed by atoms with van der Waals surface area (Å²) in [5.41, 5.74) is 2.47. The van der Waals surface area contributed by atoms with Crippen molar-refractivity contribution < 1.29 is 9.53 Å². The van der Waals surface area contributed by atoms with Crippen LogP contribution in [-0.2, 0) is 6.54 Å². The zero-order chi connectivity index (χ0) is 19.6. The van der Waals surface area contributed by atoms with Crippen LogP contribution in [0, 0.1) is 0 Å². The molecule has 5 heteroatoms. The molecule has 1 amide bonds. The predicted octanol–water partition coefficient (Wildman–Crippen LogP) is 4.93. The van der Waals surface area contributed by atoms with Gasteiger partial charge in [-0.15, -0.1) is 0 Å². The number of para-hydroxylation sites is 2. The summed E-state index contributed by atoms with van der Waals surface area (Å²) in [4.78, 5) is 19.9. The van der Waals surface area contributed by atoms with Crippen molar-refractivity contribution in [2.45, 2.75) is 25.4 Å². The molecular formula is C24H21N3O2. The van der Waals surface area contributed by atoms with Crippen LogP contribution in [0.2, 0.25) is 0 Å². The van der Waals surface area contributed by atoms with Crippen molar-refractivity contribution in [2.24, 2.45) is 0 Å². The van der Waals surface area contributed by atoms with Crippen molar-refractivity contribution in [3.63, 3.8) is 0 Å². The molecule has 0 radical (unpaired) electrons. The van der Waals surface area contributed by atoms with E-state index < -0.39 is 0 Å². The monoisotopic (exact) mass is 383 g/mol. The van der Waals surface area contributed by atoms with Gasteiger partial charge in [0.2, 0.25) is 0 Å². The third kappa shape index (κ3) is 3.59. The van der Waals surface area contributed by atoms with E-state index in [4.69, 9.17) is 4.74 Å².